The van der Waals surface area contributed by atoms with E-state index in [2.05, 4.69) is 25.7 Å². The van der Waals surface area contributed by atoms with Crippen LogP contribution in [0.5, 0.6) is 0 Å². The molecule has 1 aliphatic rings. The van der Waals surface area contributed by atoms with Gasteiger partial charge in [-0.25, -0.2) is 13.6 Å². The van der Waals surface area contributed by atoms with Crippen LogP contribution in [-0.2, 0) is 6.54 Å². The van der Waals surface area contributed by atoms with Gasteiger partial charge in [0.1, 0.15) is 0 Å². The zero-order valence-electron chi connectivity index (χ0n) is 15.8. The Hall–Kier alpha value is -3.11. The molecule has 0 aliphatic carbocycles. The lowest BCUT2D eigenvalue weighted by Gasteiger charge is -2.34. The summed E-state index contributed by atoms with van der Waals surface area (Å²) in [6.07, 6.45) is 0. The van der Waals surface area contributed by atoms with E-state index < -0.39 is 11.6 Å². The number of aromatic nitrogens is 4. The standard InChI is InChI=1S/C19H18ClF2N7O/c20-13-1-3-14(4-2-13)23-19(30)28-9-7-27(8-10-28)12-18-24-25-26-29(18)15-5-6-16(21)17(22)11-15/h1-6,11H,7-10,12H2,(H,23,30). The van der Waals surface area contributed by atoms with Crippen LogP contribution >= 0.6 is 11.6 Å². The molecule has 0 unspecified atom stereocenters. The number of nitrogens with zero attached hydrogens (tertiary/aromatic N) is 6. The molecule has 0 radical (unpaired) electrons. The molecule has 1 saturated heterocycles. The maximum Gasteiger partial charge on any atom is 0.321 e. The largest absolute Gasteiger partial charge is 0.322 e. The number of nitrogens with one attached hydrogen (secondary N) is 1. The second-order valence-corrected chi connectivity index (χ2v) is 7.24. The Morgan fingerprint density at radius 1 is 1.03 bits per heavy atom. The van der Waals surface area contributed by atoms with Gasteiger partial charge in [-0.15, -0.1) is 5.10 Å². The van der Waals surface area contributed by atoms with Crippen LogP contribution < -0.4 is 5.32 Å². The van der Waals surface area contributed by atoms with Gasteiger partial charge < -0.3 is 10.2 Å². The van der Waals surface area contributed by atoms with Crippen molar-refractivity contribution in [3.05, 3.63) is 64.9 Å². The van der Waals surface area contributed by atoms with E-state index in [1.54, 1.807) is 29.2 Å². The van der Waals surface area contributed by atoms with Crippen LogP contribution in [0.2, 0.25) is 5.02 Å². The molecular weight excluding hydrogens is 416 g/mol. The lowest BCUT2D eigenvalue weighted by atomic mass is 10.3. The zero-order valence-corrected chi connectivity index (χ0v) is 16.6. The summed E-state index contributed by atoms with van der Waals surface area (Å²) in [5, 5.41) is 15.0. The number of amides is 2. The molecule has 1 fully saturated rings. The third-order valence-corrected chi connectivity index (χ3v) is 5.05. The maximum absolute atomic E-state index is 13.5. The quantitative estimate of drug-likeness (QED) is 0.684. The number of hydrogen-bond donors (Lipinski definition) is 1. The lowest BCUT2D eigenvalue weighted by Crippen LogP contribution is -2.49. The molecule has 3 aromatic rings. The van der Waals surface area contributed by atoms with Crippen LogP contribution in [0, 0.1) is 11.6 Å². The van der Waals surface area contributed by atoms with Crippen LogP contribution in [0.1, 0.15) is 5.82 Å². The van der Waals surface area contributed by atoms with E-state index in [1.807, 2.05) is 0 Å². The number of anilines is 1. The Bertz CT molecular complexity index is 1040. The van der Waals surface area contributed by atoms with Crippen LogP contribution in [0.4, 0.5) is 19.3 Å². The predicted molar refractivity (Wildman–Crippen MR) is 106 cm³/mol. The van der Waals surface area contributed by atoms with Crippen molar-refractivity contribution in [2.45, 2.75) is 6.54 Å². The summed E-state index contributed by atoms with van der Waals surface area (Å²) in [6, 6.07) is 10.2. The van der Waals surface area contributed by atoms with Crippen LogP contribution in [0.25, 0.3) is 5.69 Å². The molecule has 2 heterocycles. The Morgan fingerprint density at radius 2 is 1.77 bits per heavy atom. The van der Waals surface area contributed by atoms with Crippen LogP contribution in [0.15, 0.2) is 42.5 Å². The molecule has 156 valence electrons. The molecule has 0 atom stereocenters. The smallest absolute Gasteiger partial charge is 0.321 e. The average molecular weight is 434 g/mol. The molecule has 4 rings (SSSR count). The first kappa shape index (κ1) is 20.2. The van der Waals surface area contributed by atoms with Gasteiger partial charge in [0, 0.05) is 43.0 Å². The monoisotopic (exact) mass is 433 g/mol. The number of rotatable bonds is 4. The summed E-state index contributed by atoms with van der Waals surface area (Å²) in [5.41, 5.74) is 1.02. The third-order valence-electron chi connectivity index (χ3n) is 4.80. The van der Waals surface area contributed by atoms with Gasteiger partial charge in [0.05, 0.1) is 12.2 Å². The van der Waals surface area contributed by atoms with Crippen LogP contribution in [0.3, 0.4) is 0 Å². The molecule has 30 heavy (non-hydrogen) atoms. The minimum Gasteiger partial charge on any atom is -0.322 e. The van der Waals surface area contributed by atoms with E-state index in [0.29, 0.717) is 54.9 Å². The summed E-state index contributed by atoms with van der Waals surface area (Å²) < 4.78 is 28.1. The summed E-state index contributed by atoms with van der Waals surface area (Å²) in [7, 11) is 0. The third kappa shape index (κ3) is 4.55. The number of carbonyl (C=O) groups is 1. The highest BCUT2D eigenvalue weighted by molar-refractivity contribution is 6.30. The number of benzene rings is 2. The first-order valence-electron chi connectivity index (χ1n) is 9.26. The fourth-order valence-electron chi connectivity index (χ4n) is 3.17. The molecule has 2 aromatic carbocycles. The van der Waals surface area contributed by atoms with Crippen molar-refractivity contribution in [1.29, 1.82) is 0 Å². The SMILES string of the molecule is O=C(Nc1ccc(Cl)cc1)N1CCN(Cc2nnnn2-c2ccc(F)c(F)c2)CC1. The molecule has 1 N–H and O–H groups in total. The highest BCUT2D eigenvalue weighted by Crippen LogP contribution is 2.16. The zero-order chi connectivity index (χ0) is 21.1. The van der Waals surface area contributed by atoms with E-state index in [-0.39, 0.29) is 6.03 Å². The summed E-state index contributed by atoms with van der Waals surface area (Å²) >= 11 is 5.86. The average Bonchev–Trinajstić information content (AvgIpc) is 3.20. The molecule has 0 spiro atoms. The number of piperazine rings is 1. The lowest BCUT2D eigenvalue weighted by molar-refractivity contribution is 0.140. The fraction of sp³-hybridized carbons (Fsp3) is 0.263. The molecule has 1 aliphatic heterocycles. The van der Waals surface area contributed by atoms with Gasteiger partial charge in [-0.1, -0.05) is 11.6 Å². The predicted octanol–water partition coefficient (Wildman–Crippen LogP) is 2.94. The van der Waals surface area contributed by atoms with Crippen molar-refractivity contribution in [3.63, 3.8) is 0 Å². The van der Waals surface area contributed by atoms with Gasteiger partial charge in [0.2, 0.25) is 0 Å². The van der Waals surface area contributed by atoms with Gasteiger partial charge in [0.25, 0.3) is 0 Å². The summed E-state index contributed by atoms with van der Waals surface area (Å²) in [4.78, 5) is 16.3. The second kappa shape index (κ2) is 8.72. The fourth-order valence-corrected chi connectivity index (χ4v) is 3.29. The van der Waals surface area contributed by atoms with Gasteiger partial charge in [-0.2, -0.15) is 4.68 Å². The second-order valence-electron chi connectivity index (χ2n) is 6.81. The van der Waals surface area contributed by atoms with Crippen LogP contribution in [-0.4, -0.2) is 62.2 Å². The Balaban J connectivity index is 1.34. The van der Waals surface area contributed by atoms with Gasteiger partial charge in [-0.3, -0.25) is 4.90 Å². The first-order chi connectivity index (χ1) is 14.5. The van der Waals surface area contributed by atoms with Gasteiger partial charge >= 0.3 is 6.03 Å². The number of carbonyl (C=O) groups excluding carboxylic acids is 1. The summed E-state index contributed by atoms with van der Waals surface area (Å²) in [5.74, 6) is -1.39. The summed E-state index contributed by atoms with van der Waals surface area (Å²) in [6.45, 7) is 2.73. The number of hydrogen-bond acceptors (Lipinski definition) is 5. The molecule has 2 amide bonds. The van der Waals surface area contributed by atoms with Crippen molar-refractivity contribution in [1.82, 2.24) is 30.0 Å². The Labute approximate surface area is 176 Å². The van der Waals surface area contributed by atoms with Crippen molar-refractivity contribution in [2.75, 3.05) is 31.5 Å². The van der Waals surface area contributed by atoms with E-state index >= 15 is 0 Å². The molecule has 8 nitrogen and oxygen atoms in total. The number of urea groups is 1. The van der Waals surface area contributed by atoms with Crippen molar-refractivity contribution < 1.29 is 13.6 Å². The molecule has 0 saturated carbocycles. The maximum atomic E-state index is 13.5. The molecule has 0 bridgehead atoms. The van der Waals surface area contributed by atoms with Crippen molar-refractivity contribution in [3.8, 4) is 5.69 Å². The van der Waals surface area contributed by atoms with Gasteiger partial charge in [-0.05, 0) is 46.8 Å². The normalized spacial score (nSPS) is 14.7. The van der Waals surface area contributed by atoms with Gasteiger partial charge in [0.15, 0.2) is 17.5 Å². The first-order valence-corrected chi connectivity index (χ1v) is 9.64. The molecular formula is C19H18ClF2N7O. The number of halogens is 3. The highest BCUT2D eigenvalue weighted by Gasteiger charge is 2.23. The van der Waals surface area contributed by atoms with Crippen molar-refractivity contribution in [2.24, 2.45) is 0 Å². The highest BCUT2D eigenvalue weighted by atomic mass is 35.5. The number of tetrazole rings is 1. The Kier molecular flexibility index (Phi) is 5.86. The molecule has 11 heteroatoms. The Morgan fingerprint density at radius 3 is 2.47 bits per heavy atom. The topological polar surface area (TPSA) is 79.2 Å². The minimum atomic E-state index is -0.964. The van der Waals surface area contributed by atoms with E-state index in [1.165, 1.54) is 10.7 Å². The van der Waals surface area contributed by atoms with Crippen molar-refractivity contribution >= 4 is 23.3 Å². The minimum absolute atomic E-state index is 0.177. The van der Waals surface area contributed by atoms with E-state index in [4.69, 9.17) is 11.6 Å². The van der Waals surface area contributed by atoms with E-state index in [9.17, 15) is 13.6 Å². The molecule has 1 aromatic heterocycles. The van der Waals surface area contributed by atoms with E-state index in [0.717, 1.165) is 12.1 Å².